The highest BCUT2D eigenvalue weighted by Gasteiger charge is 2.12. The number of pyridine rings is 1. The molecule has 0 spiro atoms. The predicted molar refractivity (Wildman–Crippen MR) is 113 cm³/mol. The van der Waals surface area contributed by atoms with E-state index in [9.17, 15) is 4.79 Å². The van der Waals surface area contributed by atoms with Gasteiger partial charge in [-0.2, -0.15) is 5.10 Å². The largest absolute Gasteiger partial charge is 0.336 e. The lowest BCUT2D eigenvalue weighted by molar-refractivity contribution is 0.0992. The summed E-state index contributed by atoms with van der Waals surface area (Å²) in [4.78, 5) is 25.7. The lowest BCUT2D eigenvalue weighted by atomic mass is 10.1. The maximum Gasteiger partial charge on any atom is 0.180 e. The molecule has 0 amide bonds. The maximum atomic E-state index is 12.4. The Balaban J connectivity index is 1.35. The Kier molecular flexibility index (Phi) is 4.49. The quantitative estimate of drug-likeness (QED) is 0.425. The van der Waals surface area contributed by atoms with E-state index in [1.807, 2.05) is 59.3 Å². The Labute approximate surface area is 171 Å². The zero-order chi connectivity index (χ0) is 20.3. The number of anilines is 2. The second kappa shape index (κ2) is 7.59. The SMILES string of the molecule is O=C(Cc1ccc(Nc2ncc(-c3cn[nH]c3)n3ccnc23)cn1)c1ccccc1. The molecule has 0 aliphatic rings. The van der Waals surface area contributed by atoms with Gasteiger partial charge >= 0.3 is 0 Å². The van der Waals surface area contributed by atoms with E-state index in [4.69, 9.17) is 0 Å². The second-order valence-electron chi connectivity index (χ2n) is 6.73. The minimum absolute atomic E-state index is 0.0411. The number of imidazole rings is 1. The molecule has 0 fully saturated rings. The first-order valence-electron chi connectivity index (χ1n) is 9.39. The summed E-state index contributed by atoms with van der Waals surface area (Å²) in [5, 5.41) is 10.1. The van der Waals surface area contributed by atoms with Crippen LogP contribution in [0.3, 0.4) is 0 Å². The Hall–Kier alpha value is -4.33. The third kappa shape index (κ3) is 3.42. The van der Waals surface area contributed by atoms with Crippen LogP contribution in [0.5, 0.6) is 0 Å². The van der Waals surface area contributed by atoms with Crippen LogP contribution in [0.2, 0.25) is 0 Å². The molecule has 1 aromatic carbocycles. The summed E-state index contributed by atoms with van der Waals surface area (Å²) in [7, 11) is 0. The van der Waals surface area contributed by atoms with Crippen molar-refractivity contribution >= 4 is 22.9 Å². The van der Waals surface area contributed by atoms with E-state index in [1.165, 1.54) is 0 Å². The second-order valence-corrected chi connectivity index (χ2v) is 6.73. The van der Waals surface area contributed by atoms with Gasteiger partial charge in [0, 0.05) is 35.4 Å². The molecule has 0 aliphatic heterocycles. The molecule has 8 heteroatoms. The number of aromatic nitrogens is 6. The van der Waals surface area contributed by atoms with E-state index >= 15 is 0 Å². The smallest absolute Gasteiger partial charge is 0.180 e. The van der Waals surface area contributed by atoms with Crippen LogP contribution in [0.15, 0.2) is 79.6 Å². The van der Waals surface area contributed by atoms with Gasteiger partial charge in [0.2, 0.25) is 0 Å². The maximum absolute atomic E-state index is 12.4. The van der Waals surface area contributed by atoms with Gasteiger partial charge in [0.25, 0.3) is 0 Å². The molecular formula is C22H17N7O. The number of ketones is 1. The third-order valence-corrected chi connectivity index (χ3v) is 4.75. The molecule has 0 bridgehead atoms. The first-order chi connectivity index (χ1) is 14.8. The molecular weight excluding hydrogens is 378 g/mol. The number of aromatic amines is 1. The molecule has 5 aromatic rings. The summed E-state index contributed by atoms with van der Waals surface area (Å²) < 4.78 is 1.94. The van der Waals surface area contributed by atoms with Gasteiger partial charge in [-0.1, -0.05) is 30.3 Å². The zero-order valence-electron chi connectivity index (χ0n) is 15.9. The van der Waals surface area contributed by atoms with Crippen LogP contribution in [0.1, 0.15) is 16.1 Å². The van der Waals surface area contributed by atoms with E-state index in [-0.39, 0.29) is 12.2 Å². The van der Waals surface area contributed by atoms with E-state index in [0.29, 0.717) is 22.7 Å². The van der Waals surface area contributed by atoms with Crippen molar-refractivity contribution in [2.75, 3.05) is 5.32 Å². The molecule has 30 heavy (non-hydrogen) atoms. The fourth-order valence-corrected chi connectivity index (χ4v) is 3.24. The molecule has 146 valence electrons. The molecule has 0 radical (unpaired) electrons. The van der Waals surface area contributed by atoms with Gasteiger partial charge in [-0.15, -0.1) is 0 Å². The molecule has 0 unspecified atom stereocenters. The number of hydrogen-bond donors (Lipinski definition) is 2. The molecule has 2 N–H and O–H groups in total. The molecule has 8 nitrogen and oxygen atoms in total. The first kappa shape index (κ1) is 17.7. The highest BCUT2D eigenvalue weighted by Crippen LogP contribution is 2.24. The normalized spacial score (nSPS) is 10.9. The van der Waals surface area contributed by atoms with Crippen molar-refractivity contribution in [3.8, 4) is 11.3 Å². The van der Waals surface area contributed by atoms with Gasteiger partial charge in [0.05, 0.1) is 36.4 Å². The minimum atomic E-state index is 0.0411. The van der Waals surface area contributed by atoms with Crippen LogP contribution < -0.4 is 5.32 Å². The molecule has 0 aliphatic carbocycles. The highest BCUT2D eigenvalue weighted by molar-refractivity contribution is 5.97. The van der Waals surface area contributed by atoms with Gasteiger partial charge in [0.1, 0.15) is 0 Å². The lowest BCUT2D eigenvalue weighted by Crippen LogP contribution is -2.05. The fourth-order valence-electron chi connectivity index (χ4n) is 3.24. The molecule has 0 atom stereocenters. The number of nitrogens with zero attached hydrogens (tertiary/aromatic N) is 5. The van der Waals surface area contributed by atoms with Gasteiger partial charge in [-0.25, -0.2) is 9.97 Å². The Morgan fingerprint density at radius 3 is 2.67 bits per heavy atom. The summed E-state index contributed by atoms with van der Waals surface area (Å²) >= 11 is 0. The number of hydrogen-bond acceptors (Lipinski definition) is 6. The number of fused-ring (bicyclic) bond motifs is 1. The molecule has 4 aromatic heterocycles. The number of carbonyl (C=O) groups is 1. The van der Waals surface area contributed by atoms with Crippen LogP contribution in [0.4, 0.5) is 11.5 Å². The lowest BCUT2D eigenvalue weighted by Gasteiger charge is -2.10. The number of nitrogens with one attached hydrogen (secondary N) is 2. The average Bonchev–Trinajstić information content (AvgIpc) is 3.49. The first-order valence-corrected chi connectivity index (χ1v) is 9.39. The van der Waals surface area contributed by atoms with Gasteiger partial charge in [-0.05, 0) is 12.1 Å². The van der Waals surface area contributed by atoms with Crippen molar-refractivity contribution in [2.24, 2.45) is 0 Å². The van der Waals surface area contributed by atoms with Gasteiger partial charge < -0.3 is 5.32 Å². The van der Waals surface area contributed by atoms with Crippen molar-refractivity contribution in [2.45, 2.75) is 6.42 Å². The van der Waals surface area contributed by atoms with Crippen LogP contribution >= 0.6 is 0 Å². The zero-order valence-corrected chi connectivity index (χ0v) is 15.9. The van der Waals surface area contributed by atoms with Crippen molar-refractivity contribution in [1.29, 1.82) is 0 Å². The Morgan fingerprint density at radius 1 is 1.00 bits per heavy atom. The molecule has 5 rings (SSSR count). The third-order valence-electron chi connectivity index (χ3n) is 4.75. The van der Waals surface area contributed by atoms with Crippen molar-refractivity contribution in [1.82, 2.24) is 29.5 Å². The summed E-state index contributed by atoms with van der Waals surface area (Å²) in [5.74, 6) is 0.654. The van der Waals surface area contributed by atoms with E-state index in [0.717, 1.165) is 16.9 Å². The Bertz CT molecular complexity index is 1290. The van der Waals surface area contributed by atoms with Gasteiger partial charge in [-0.3, -0.25) is 19.3 Å². The van der Waals surface area contributed by atoms with Crippen LogP contribution in [-0.2, 0) is 6.42 Å². The molecule has 0 saturated heterocycles. The van der Waals surface area contributed by atoms with E-state index < -0.39 is 0 Å². The Morgan fingerprint density at radius 2 is 1.90 bits per heavy atom. The number of rotatable bonds is 6. The summed E-state index contributed by atoms with van der Waals surface area (Å²) in [6, 6.07) is 12.9. The summed E-state index contributed by atoms with van der Waals surface area (Å²) in [6.45, 7) is 0. The highest BCUT2D eigenvalue weighted by atomic mass is 16.1. The number of benzene rings is 1. The number of Topliss-reactive ketones (excluding diaryl/α,β-unsaturated/α-hetero) is 1. The topological polar surface area (TPSA) is 101 Å². The van der Waals surface area contributed by atoms with Crippen molar-refractivity contribution < 1.29 is 4.79 Å². The average molecular weight is 395 g/mol. The molecule has 0 saturated carbocycles. The van der Waals surface area contributed by atoms with E-state index in [2.05, 4.69) is 30.5 Å². The van der Waals surface area contributed by atoms with Crippen LogP contribution in [-0.4, -0.2) is 35.3 Å². The van der Waals surface area contributed by atoms with Crippen LogP contribution in [0, 0.1) is 0 Å². The fraction of sp³-hybridized carbons (Fsp3) is 0.0455. The van der Waals surface area contributed by atoms with Crippen molar-refractivity contribution in [3.63, 3.8) is 0 Å². The van der Waals surface area contributed by atoms with Crippen molar-refractivity contribution in [3.05, 3.63) is 90.9 Å². The summed E-state index contributed by atoms with van der Waals surface area (Å²) in [6.07, 6.45) is 10.9. The summed E-state index contributed by atoms with van der Waals surface area (Å²) in [5.41, 5.74) is 4.66. The van der Waals surface area contributed by atoms with Crippen LogP contribution in [0.25, 0.3) is 16.9 Å². The predicted octanol–water partition coefficient (Wildman–Crippen LogP) is 3.68. The standard InChI is InChI=1S/C22H17N7O/c30-20(15-4-2-1-3-5-15)10-17-6-7-18(13-24-17)28-21-22-23-8-9-29(22)19(14-25-21)16-11-26-27-12-16/h1-9,11-14H,10H2,(H,25,28)(H,26,27). The molecule has 4 heterocycles. The van der Waals surface area contributed by atoms with E-state index in [1.54, 1.807) is 24.8 Å². The number of H-pyrrole nitrogens is 1. The minimum Gasteiger partial charge on any atom is -0.336 e. The monoisotopic (exact) mass is 395 g/mol. The van der Waals surface area contributed by atoms with Gasteiger partial charge in [0.15, 0.2) is 17.2 Å². The number of carbonyl (C=O) groups excluding carboxylic acids is 1.